The summed E-state index contributed by atoms with van der Waals surface area (Å²) in [6.07, 6.45) is 0. The van der Waals surface area contributed by atoms with E-state index in [9.17, 15) is 0 Å². The summed E-state index contributed by atoms with van der Waals surface area (Å²) >= 11 is 18.4. The Kier molecular flexibility index (Phi) is 7.18. The van der Waals surface area contributed by atoms with Crippen molar-refractivity contribution in [1.82, 2.24) is 0 Å². The molecule has 0 heterocycles. The van der Waals surface area contributed by atoms with Gasteiger partial charge in [0.05, 0.1) is 0 Å². The quantitative estimate of drug-likeness (QED) is 0.369. The maximum atomic E-state index is 4.61. The van der Waals surface area contributed by atoms with E-state index in [4.69, 9.17) is 0 Å². The predicted octanol–water partition coefficient (Wildman–Crippen LogP) is 0.494. The topological polar surface area (TPSA) is 0 Å². The minimum absolute atomic E-state index is 0. The van der Waals surface area contributed by atoms with Crippen LogP contribution in [0.3, 0.4) is 0 Å². The van der Waals surface area contributed by atoms with Gasteiger partial charge in [-0.3, -0.25) is 0 Å². The van der Waals surface area contributed by atoms with Crippen LogP contribution in [-0.2, 0) is 67.0 Å². The van der Waals surface area contributed by atoms with Crippen molar-refractivity contribution in [3.8, 4) is 0 Å². The molecule has 0 aliphatic carbocycles. The van der Waals surface area contributed by atoms with E-state index >= 15 is 0 Å². The second-order valence-corrected chi connectivity index (χ2v) is 4.08. The van der Waals surface area contributed by atoms with Crippen LogP contribution >= 0.6 is 0 Å². The van der Waals surface area contributed by atoms with Gasteiger partial charge in [0.15, 0.2) is 0 Å². The maximum absolute atomic E-state index is 4.61. The van der Waals surface area contributed by atoms with E-state index in [1.54, 1.807) is 0 Å². The molecule has 0 radical (unpaired) electrons. The molecule has 0 unspecified atom stereocenters. The summed E-state index contributed by atoms with van der Waals surface area (Å²) in [6.45, 7) is 3.26. The smallest absolute Gasteiger partial charge is 0 e. The van der Waals surface area contributed by atoms with E-state index in [1.807, 2.05) is 0 Å². The molecule has 0 spiro atoms. The summed E-state index contributed by atoms with van der Waals surface area (Å²) in [5.41, 5.74) is 2.37. The first-order chi connectivity index (χ1) is 3.48. The summed E-state index contributed by atoms with van der Waals surface area (Å²) in [5, 5.41) is 0. The van der Waals surface area contributed by atoms with Crippen molar-refractivity contribution >= 4 is 50.5 Å². The van der Waals surface area contributed by atoms with E-state index in [-0.39, 0.29) is 21.4 Å². The van der Waals surface area contributed by atoms with Gasteiger partial charge in [-0.05, 0) is 0 Å². The molecular formula is C4H2NiS4-4. The summed E-state index contributed by atoms with van der Waals surface area (Å²) in [5.74, 6) is 0. The van der Waals surface area contributed by atoms with Crippen molar-refractivity contribution in [2.45, 2.75) is 3.41 Å². The van der Waals surface area contributed by atoms with Gasteiger partial charge in [0.1, 0.15) is 0 Å². The zero-order valence-corrected chi connectivity index (χ0v) is 8.41. The van der Waals surface area contributed by atoms with Crippen LogP contribution in [0.4, 0.5) is 0 Å². The van der Waals surface area contributed by atoms with Crippen molar-refractivity contribution in [1.29, 1.82) is 0 Å². The van der Waals surface area contributed by atoms with Crippen LogP contribution in [0, 0.1) is 0 Å². The summed E-state index contributed by atoms with van der Waals surface area (Å²) in [4.78, 5) is 0.248. The van der Waals surface area contributed by atoms with Crippen molar-refractivity contribution in [3.05, 3.63) is 17.2 Å². The van der Waals surface area contributed by atoms with Crippen LogP contribution in [-0.4, -0.2) is 3.41 Å². The van der Waals surface area contributed by atoms with E-state index < -0.39 is 3.41 Å². The Hall–Kier alpha value is 1.28. The second-order valence-electron chi connectivity index (χ2n) is 1.06. The number of hydrogen-bond acceptors (Lipinski definition) is 4. The van der Waals surface area contributed by atoms with Crippen LogP contribution in [0.15, 0.2) is 17.2 Å². The Labute approximate surface area is 87.1 Å². The molecular weight excluding hydrogens is 235 g/mol. The SMILES string of the molecule is C=C=C([S-])C([S-])([S-])[S-].[Ni]. The first-order valence-corrected chi connectivity index (χ1v) is 3.30. The number of rotatable bonds is 1. The molecule has 0 bridgehead atoms. The Morgan fingerprint density at radius 2 is 1.67 bits per heavy atom. The Balaban J connectivity index is 0. The molecule has 9 heavy (non-hydrogen) atoms. The Bertz CT molecular complexity index is 130. The Morgan fingerprint density at radius 1 is 1.33 bits per heavy atom. The molecule has 0 rings (SSSR count). The molecule has 0 N–H and O–H groups in total. The fourth-order valence-electron chi connectivity index (χ4n) is 0.108. The molecule has 0 aromatic rings. The molecule has 0 aromatic heterocycles. The third-order valence-corrected chi connectivity index (χ3v) is 1.89. The second kappa shape index (κ2) is 5.00. The van der Waals surface area contributed by atoms with E-state index in [2.05, 4.69) is 62.8 Å². The molecule has 0 aromatic carbocycles. The van der Waals surface area contributed by atoms with Gasteiger partial charge in [0.2, 0.25) is 0 Å². The largest absolute Gasteiger partial charge is 0.833 e. The first kappa shape index (κ1) is 12.9. The number of hydrogen-bond donors (Lipinski definition) is 0. The fourth-order valence-corrected chi connectivity index (χ4v) is 0.325. The van der Waals surface area contributed by atoms with Crippen molar-refractivity contribution < 1.29 is 16.5 Å². The third-order valence-electron chi connectivity index (χ3n) is 0.439. The zero-order valence-electron chi connectivity index (χ0n) is 4.16. The summed E-state index contributed by atoms with van der Waals surface area (Å²) in [6, 6.07) is 0. The minimum atomic E-state index is -1.18. The molecule has 0 aliphatic rings. The van der Waals surface area contributed by atoms with Crippen LogP contribution in [0.2, 0.25) is 0 Å². The van der Waals surface area contributed by atoms with Crippen molar-refractivity contribution in [2.24, 2.45) is 0 Å². The molecule has 0 fully saturated rings. The third kappa shape index (κ3) is 5.71. The molecule has 0 aliphatic heterocycles. The predicted molar refractivity (Wildman–Crippen MR) is 44.8 cm³/mol. The molecule has 56 valence electrons. The zero-order chi connectivity index (χ0) is 6.78. The summed E-state index contributed by atoms with van der Waals surface area (Å²) in [7, 11) is 0. The van der Waals surface area contributed by atoms with Crippen LogP contribution in [0.1, 0.15) is 0 Å². The van der Waals surface area contributed by atoms with E-state index in [0.717, 1.165) is 0 Å². The van der Waals surface area contributed by atoms with Crippen molar-refractivity contribution in [3.63, 3.8) is 0 Å². The van der Waals surface area contributed by atoms with E-state index in [0.29, 0.717) is 0 Å². The summed E-state index contributed by atoms with van der Waals surface area (Å²) < 4.78 is -1.18. The maximum Gasteiger partial charge on any atom is 0 e. The molecule has 0 amide bonds. The minimum Gasteiger partial charge on any atom is -0.833 e. The van der Waals surface area contributed by atoms with Gasteiger partial charge in [-0.2, -0.15) is 5.73 Å². The van der Waals surface area contributed by atoms with Gasteiger partial charge >= 0.3 is 0 Å². The average molecular weight is 237 g/mol. The van der Waals surface area contributed by atoms with Gasteiger partial charge in [-0.25, -0.2) is 4.91 Å². The van der Waals surface area contributed by atoms with Gasteiger partial charge in [-0.1, -0.05) is 6.58 Å². The van der Waals surface area contributed by atoms with Crippen LogP contribution < -0.4 is 0 Å². The monoisotopic (exact) mass is 236 g/mol. The molecule has 0 saturated heterocycles. The first-order valence-electron chi connectivity index (χ1n) is 1.67. The van der Waals surface area contributed by atoms with Crippen molar-refractivity contribution in [2.75, 3.05) is 0 Å². The van der Waals surface area contributed by atoms with Gasteiger partial charge < -0.3 is 53.9 Å². The molecule has 0 saturated carbocycles. The van der Waals surface area contributed by atoms with Gasteiger partial charge in [0.25, 0.3) is 0 Å². The standard InChI is InChI=1S/C4H6S4.Ni/c1-2-3(5)4(6,7)8;/h5-8H,1H2;/p-4. The molecule has 0 nitrogen and oxygen atoms in total. The molecule has 0 atom stereocenters. The van der Waals surface area contributed by atoms with Crippen LogP contribution in [0.5, 0.6) is 0 Å². The normalized spacial score (nSPS) is 9.22. The van der Waals surface area contributed by atoms with Gasteiger partial charge in [0, 0.05) is 16.5 Å². The Morgan fingerprint density at radius 3 is 1.67 bits per heavy atom. The molecule has 5 heteroatoms. The van der Waals surface area contributed by atoms with E-state index in [1.165, 1.54) is 0 Å². The average Bonchev–Trinajstić information content (AvgIpc) is 1.62. The van der Waals surface area contributed by atoms with Gasteiger partial charge in [-0.15, -0.1) is 0 Å². The van der Waals surface area contributed by atoms with Crippen LogP contribution in [0.25, 0.3) is 0 Å². The fraction of sp³-hybridized carbons (Fsp3) is 0.250.